The molecule has 0 spiro atoms. The Kier molecular flexibility index (Phi) is 7.06. The second-order valence-corrected chi connectivity index (χ2v) is 9.83. The number of hydrogen-bond donors (Lipinski definition) is 2. The molecule has 0 aromatic heterocycles. The Hall–Kier alpha value is -3.63. The number of carbonyl (C=O) groups is 1. The van der Waals surface area contributed by atoms with E-state index in [2.05, 4.69) is 66.8 Å². The van der Waals surface area contributed by atoms with Gasteiger partial charge in [0.05, 0.1) is 11.7 Å². The number of ether oxygens (including phenoxy) is 1. The molecule has 36 heavy (non-hydrogen) atoms. The Labute approximate surface area is 212 Å². The van der Waals surface area contributed by atoms with Crippen LogP contribution >= 0.6 is 0 Å². The van der Waals surface area contributed by atoms with Gasteiger partial charge in [0.25, 0.3) is 0 Å². The summed E-state index contributed by atoms with van der Waals surface area (Å²) in [5.74, 6) is 0.159. The van der Waals surface area contributed by atoms with Crippen LogP contribution in [0.3, 0.4) is 0 Å². The van der Waals surface area contributed by atoms with Crippen LogP contribution in [0.15, 0.2) is 84.9 Å². The zero-order valence-electron chi connectivity index (χ0n) is 20.9. The summed E-state index contributed by atoms with van der Waals surface area (Å²) in [4.78, 5) is 11.7. The van der Waals surface area contributed by atoms with Crippen LogP contribution in [0.25, 0.3) is 10.8 Å². The average molecular weight is 480 g/mol. The highest BCUT2D eigenvalue weighted by molar-refractivity contribution is 5.89. The number of carboxylic acids is 1. The van der Waals surface area contributed by atoms with Gasteiger partial charge < -0.3 is 15.2 Å². The lowest BCUT2D eigenvalue weighted by Gasteiger charge is -2.33. The van der Waals surface area contributed by atoms with Gasteiger partial charge in [-0.15, -0.1) is 0 Å². The van der Waals surface area contributed by atoms with Gasteiger partial charge in [-0.3, -0.25) is 0 Å². The fraction of sp³-hybridized carbons (Fsp3) is 0.281. The van der Waals surface area contributed by atoms with Gasteiger partial charge in [-0.1, -0.05) is 72.8 Å². The summed E-state index contributed by atoms with van der Waals surface area (Å²) >= 11 is 0. The molecular formula is C32H33NO3. The molecule has 0 saturated heterocycles. The van der Waals surface area contributed by atoms with E-state index >= 15 is 0 Å². The summed E-state index contributed by atoms with van der Waals surface area (Å²) in [6, 6.07) is 29.3. The molecule has 5 rings (SSSR count). The molecule has 0 fully saturated rings. The number of aromatic carboxylic acids is 1. The smallest absolute Gasteiger partial charge is 0.335 e. The Morgan fingerprint density at radius 1 is 1.03 bits per heavy atom. The molecule has 4 heteroatoms. The van der Waals surface area contributed by atoms with Crippen molar-refractivity contribution in [2.45, 2.75) is 51.2 Å². The second-order valence-electron chi connectivity index (χ2n) is 9.83. The number of aryl methyl sites for hydroxylation is 1. The van der Waals surface area contributed by atoms with Crippen LogP contribution in [-0.2, 0) is 0 Å². The Bertz CT molecular complexity index is 1370. The van der Waals surface area contributed by atoms with Crippen molar-refractivity contribution >= 4 is 16.7 Å². The van der Waals surface area contributed by atoms with Crippen LogP contribution in [0.5, 0.6) is 5.75 Å². The number of carboxylic acid groups (broad SMARTS) is 1. The largest absolute Gasteiger partial charge is 0.490 e. The highest BCUT2D eigenvalue weighted by Crippen LogP contribution is 2.41. The Morgan fingerprint density at radius 3 is 2.67 bits per heavy atom. The van der Waals surface area contributed by atoms with Crippen LogP contribution in [0, 0.1) is 6.92 Å². The maximum Gasteiger partial charge on any atom is 0.335 e. The topological polar surface area (TPSA) is 58.6 Å². The number of para-hydroxylation sites is 1. The molecule has 1 heterocycles. The highest BCUT2D eigenvalue weighted by atomic mass is 16.5. The maximum atomic E-state index is 11.7. The molecule has 0 unspecified atom stereocenters. The Morgan fingerprint density at radius 2 is 1.81 bits per heavy atom. The third-order valence-corrected chi connectivity index (χ3v) is 7.42. The predicted octanol–water partition coefficient (Wildman–Crippen LogP) is 7.26. The van der Waals surface area contributed by atoms with Gasteiger partial charge in [-0.2, -0.15) is 0 Å². The van der Waals surface area contributed by atoms with E-state index < -0.39 is 5.97 Å². The monoisotopic (exact) mass is 479 g/mol. The molecule has 1 aliphatic rings. The van der Waals surface area contributed by atoms with Crippen LogP contribution in [0.2, 0.25) is 0 Å². The quantitative estimate of drug-likeness (QED) is 0.261. The van der Waals surface area contributed by atoms with Crippen molar-refractivity contribution in [2.75, 3.05) is 6.54 Å². The van der Waals surface area contributed by atoms with E-state index in [1.165, 1.54) is 16.3 Å². The molecule has 0 saturated carbocycles. The SMILES string of the molecule is Cc1ccc([C@H]2C[C@H](CCCN[C@H](C)c3cccc4ccccc34)Oc3ccccc32)cc1C(=O)O. The third kappa shape index (κ3) is 5.00. The van der Waals surface area contributed by atoms with Crippen LogP contribution in [-0.4, -0.2) is 23.7 Å². The molecule has 0 amide bonds. The van der Waals surface area contributed by atoms with E-state index in [1.807, 2.05) is 37.3 Å². The van der Waals surface area contributed by atoms with E-state index in [0.717, 1.165) is 48.2 Å². The second kappa shape index (κ2) is 10.5. The summed E-state index contributed by atoms with van der Waals surface area (Å²) in [5.41, 5.74) is 4.66. The van der Waals surface area contributed by atoms with Crippen molar-refractivity contribution < 1.29 is 14.6 Å². The molecular weight excluding hydrogens is 446 g/mol. The molecule has 4 aromatic carbocycles. The van der Waals surface area contributed by atoms with Gasteiger partial charge in [0.2, 0.25) is 0 Å². The van der Waals surface area contributed by atoms with Gasteiger partial charge >= 0.3 is 5.97 Å². The van der Waals surface area contributed by atoms with Gasteiger partial charge in [0, 0.05) is 17.5 Å². The summed E-state index contributed by atoms with van der Waals surface area (Å²) in [7, 11) is 0. The summed E-state index contributed by atoms with van der Waals surface area (Å²) < 4.78 is 6.39. The minimum atomic E-state index is -0.877. The number of benzene rings is 4. The lowest BCUT2D eigenvalue weighted by molar-refractivity contribution is 0.0696. The fourth-order valence-corrected chi connectivity index (χ4v) is 5.46. The van der Waals surface area contributed by atoms with E-state index in [-0.39, 0.29) is 18.1 Å². The molecule has 0 aliphatic carbocycles. The lowest BCUT2D eigenvalue weighted by atomic mass is 9.82. The molecule has 1 aliphatic heterocycles. The van der Waals surface area contributed by atoms with Crippen molar-refractivity contribution in [3.63, 3.8) is 0 Å². The number of hydrogen-bond acceptors (Lipinski definition) is 3. The number of nitrogens with one attached hydrogen (secondary N) is 1. The standard InChI is InChI=1S/C32H33NO3/c1-21-16-17-24(19-29(21)32(34)35)30-20-25(36-31-15-6-5-13-28(30)31)11-8-18-33-22(2)26-14-7-10-23-9-3-4-12-27(23)26/h3-7,9-10,12-17,19,22,25,30,33H,8,11,18,20H2,1-2H3,(H,34,35)/t22-,25+,30-/m1/s1. The molecule has 4 nitrogen and oxygen atoms in total. The zero-order valence-corrected chi connectivity index (χ0v) is 20.9. The van der Waals surface area contributed by atoms with Gasteiger partial charge in [0.1, 0.15) is 5.75 Å². The molecule has 184 valence electrons. The van der Waals surface area contributed by atoms with Gasteiger partial charge in [-0.25, -0.2) is 4.79 Å². The van der Waals surface area contributed by atoms with E-state index in [9.17, 15) is 9.90 Å². The van der Waals surface area contributed by atoms with Crippen LogP contribution < -0.4 is 10.1 Å². The van der Waals surface area contributed by atoms with Gasteiger partial charge in [-0.05, 0) is 79.3 Å². The van der Waals surface area contributed by atoms with Gasteiger partial charge in [0.15, 0.2) is 0 Å². The van der Waals surface area contributed by atoms with E-state index in [0.29, 0.717) is 5.56 Å². The molecule has 0 radical (unpaired) electrons. The summed E-state index contributed by atoms with van der Waals surface area (Å²) in [6.07, 6.45) is 2.88. The Balaban J connectivity index is 1.25. The van der Waals surface area contributed by atoms with Crippen LogP contribution in [0.1, 0.15) is 70.8 Å². The molecule has 3 atom stereocenters. The molecule has 2 N–H and O–H groups in total. The van der Waals surface area contributed by atoms with Crippen molar-refractivity contribution in [3.05, 3.63) is 113 Å². The van der Waals surface area contributed by atoms with E-state index in [4.69, 9.17) is 4.74 Å². The third-order valence-electron chi connectivity index (χ3n) is 7.42. The maximum absolute atomic E-state index is 11.7. The molecule has 0 bridgehead atoms. The number of rotatable bonds is 8. The van der Waals surface area contributed by atoms with Crippen molar-refractivity contribution in [1.29, 1.82) is 0 Å². The first-order valence-corrected chi connectivity index (χ1v) is 12.8. The normalized spacial score (nSPS) is 17.8. The fourth-order valence-electron chi connectivity index (χ4n) is 5.46. The van der Waals surface area contributed by atoms with Crippen molar-refractivity contribution in [2.24, 2.45) is 0 Å². The van der Waals surface area contributed by atoms with Crippen molar-refractivity contribution in [1.82, 2.24) is 5.32 Å². The summed E-state index contributed by atoms with van der Waals surface area (Å²) in [6.45, 7) is 4.98. The zero-order chi connectivity index (χ0) is 25.1. The predicted molar refractivity (Wildman–Crippen MR) is 145 cm³/mol. The first-order chi connectivity index (χ1) is 17.5. The first kappa shape index (κ1) is 24.1. The van der Waals surface area contributed by atoms with Crippen LogP contribution in [0.4, 0.5) is 0 Å². The van der Waals surface area contributed by atoms with Crippen molar-refractivity contribution in [3.8, 4) is 5.75 Å². The molecule has 4 aromatic rings. The highest BCUT2D eigenvalue weighted by Gasteiger charge is 2.29. The first-order valence-electron chi connectivity index (χ1n) is 12.8. The lowest BCUT2D eigenvalue weighted by Crippen LogP contribution is -2.28. The average Bonchev–Trinajstić information content (AvgIpc) is 2.90. The minimum absolute atomic E-state index is 0.0918. The summed E-state index contributed by atoms with van der Waals surface area (Å²) in [5, 5.41) is 15.9. The minimum Gasteiger partial charge on any atom is -0.490 e. The number of fused-ring (bicyclic) bond motifs is 2. The van der Waals surface area contributed by atoms with E-state index in [1.54, 1.807) is 0 Å².